The predicted octanol–water partition coefficient (Wildman–Crippen LogP) is 3.04. The molecule has 2 heterocycles. The van der Waals surface area contributed by atoms with Crippen molar-refractivity contribution in [1.82, 2.24) is 4.90 Å². The van der Waals surface area contributed by atoms with Gasteiger partial charge in [-0.15, -0.1) is 11.8 Å². The zero-order valence-corrected chi connectivity index (χ0v) is 16.0. The first-order valence-corrected chi connectivity index (χ1v) is 10.4. The zero-order chi connectivity index (χ0) is 18.5. The fourth-order valence-corrected chi connectivity index (χ4v) is 4.84. The number of nitrogens with zero attached hydrogens (tertiary/aromatic N) is 1. The number of likely N-dealkylation sites (tertiary alicyclic amines) is 1. The Morgan fingerprint density at radius 3 is 2.58 bits per heavy atom. The van der Waals surface area contributed by atoms with Crippen molar-refractivity contribution in [1.29, 1.82) is 0 Å². The Kier molecular flexibility index (Phi) is 6.59. The molecule has 6 heteroatoms. The summed E-state index contributed by atoms with van der Waals surface area (Å²) < 4.78 is 5.71. The number of hydrogen-bond acceptors (Lipinski definition) is 4. The van der Waals surface area contributed by atoms with Crippen LogP contribution >= 0.6 is 11.8 Å². The Balaban J connectivity index is 1.46. The van der Waals surface area contributed by atoms with Crippen molar-refractivity contribution in [3.05, 3.63) is 35.9 Å². The lowest BCUT2D eigenvalue weighted by Crippen LogP contribution is -2.45. The fourth-order valence-electron chi connectivity index (χ4n) is 3.91. The number of carboxylic acids is 1. The third kappa shape index (κ3) is 4.60. The Morgan fingerprint density at radius 1 is 1.23 bits per heavy atom. The largest absolute Gasteiger partial charge is 0.481 e. The van der Waals surface area contributed by atoms with Crippen LogP contribution in [-0.4, -0.2) is 52.9 Å². The average Bonchev–Trinajstić information content (AvgIpc) is 3.16. The van der Waals surface area contributed by atoms with Gasteiger partial charge < -0.3 is 14.7 Å². The van der Waals surface area contributed by atoms with Crippen molar-refractivity contribution in [2.75, 3.05) is 19.7 Å². The molecular formula is C20H27NO4S. The van der Waals surface area contributed by atoms with Gasteiger partial charge in [-0.1, -0.05) is 30.3 Å². The van der Waals surface area contributed by atoms with Gasteiger partial charge in [-0.2, -0.15) is 0 Å². The molecule has 5 nitrogen and oxygen atoms in total. The molecule has 3 atom stereocenters. The standard InChI is InChI=1S/C20H27NO4S/c1-14(26-13-15-5-3-2-4-6-15)19(22)21-10-7-16(8-11-21)18-17(20(23)24)9-12-25-18/h2-6,14,16-18H,7-13H2,1H3,(H,23,24)/t14?,17?,18-/m0/s1. The van der Waals surface area contributed by atoms with E-state index in [9.17, 15) is 14.7 Å². The molecule has 0 radical (unpaired) electrons. The first kappa shape index (κ1) is 19.2. The van der Waals surface area contributed by atoms with Crippen LogP contribution in [0, 0.1) is 11.8 Å². The van der Waals surface area contributed by atoms with Gasteiger partial charge in [0.25, 0.3) is 0 Å². The number of hydrogen-bond donors (Lipinski definition) is 1. The molecule has 0 spiro atoms. The van der Waals surface area contributed by atoms with Crippen molar-refractivity contribution in [2.24, 2.45) is 11.8 Å². The third-order valence-electron chi connectivity index (χ3n) is 5.46. The second-order valence-electron chi connectivity index (χ2n) is 7.17. The van der Waals surface area contributed by atoms with E-state index in [2.05, 4.69) is 12.1 Å². The summed E-state index contributed by atoms with van der Waals surface area (Å²) >= 11 is 1.67. The summed E-state index contributed by atoms with van der Waals surface area (Å²) in [6, 6.07) is 10.2. The van der Waals surface area contributed by atoms with Gasteiger partial charge >= 0.3 is 5.97 Å². The summed E-state index contributed by atoms with van der Waals surface area (Å²) in [5.74, 6) is 0.126. The Labute approximate surface area is 159 Å². The first-order valence-electron chi connectivity index (χ1n) is 9.35. The molecule has 1 aromatic carbocycles. The number of rotatable bonds is 6. The van der Waals surface area contributed by atoms with Gasteiger partial charge in [0.05, 0.1) is 17.3 Å². The number of benzene rings is 1. The maximum absolute atomic E-state index is 12.7. The normalized spacial score (nSPS) is 25.2. The van der Waals surface area contributed by atoms with E-state index in [1.807, 2.05) is 30.0 Å². The van der Waals surface area contributed by atoms with Crippen LogP contribution in [-0.2, 0) is 20.1 Å². The topological polar surface area (TPSA) is 66.8 Å². The molecule has 1 amide bonds. The quantitative estimate of drug-likeness (QED) is 0.825. The lowest BCUT2D eigenvalue weighted by atomic mass is 9.84. The highest BCUT2D eigenvalue weighted by Crippen LogP contribution is 2.33. The van der Waals surface area contributed by atoms with Gasteiger partial charge in [-0.3, -0.25) is 9.59 Å². The monoisotopic (exact) mass is 377 g/mol. The minimum atomic E-state index is -0.753. The van der Waals surface area contributed by atoms with Crippen molar-refractivity contribution in [2.45, 2.75) is 43.3 Å². The number of carbonyl (C=O) groups excluding carboxylic acids is 1. The molecule has 2 unspecified atom stereocenters. The summed E-state index contributed by atoms with van der Waals surface area (Å²) in [7, 11) is 0. The summed E-state index contributed by atoms with van der Waals surface area (Å²) in [4.78, 5) is 26.0. The maximum atomic E-state index is 12.7. The van der Waals surface area contributed by atoms with Gasteiger partial charge in [-0.05, 0) is 37.7 Å². The van der Waals surface area contributed by atoms with E-state index in [-0.39, 0.29) is 29.1 Å². The summed E-state index contributed by atoms with van der Waals surface area (Å²) in [6.07, 6.45) is 2.08. The SMILES string of the molecule is CC(SCc1ccccc1)C(=O)N1CCC([C@@H]2OCCC2C(=O)O)CC1. The van der Waals surface area contributed by atoms with E-state index in [0.29, 0.717) is 26.1 Å². The Morgan fingerprint density at radius 2 is 1.92 bits per heavy atom. The molecule has 3 rings (SSSR count). The number of piperidine rings is 1. The van der Waals surface area contributed by atoms with Gasteiger partial charge in [0.15, 0.2) is 0 Å². The van der Waals surface area contributed by atoms with Gasteiger partial charge in [0.1, 0.15) is 0 Å². The summed E-state index contributed by atoms with van der Waals surface area (Å²) in [6.45, 7) is 3.91. The Bertz CT molecular complexity index is 615. The molecule has 1 N–H and O–H groups in total. The van der Waals surface area contributed by atoms with Crippen LogP contribution < -0.4 is 0 Å². The number of carbonyl (C=O) groups is 2. The zero-order valence-electron chi connectivity index (χ0n) is 15.2. The lowest BCUT2D eigenvalue weighted by molar-refractivity contribution is -0.145. The summed E-state index contributed by atoms with van der Waals surface area (Å²) in [5, 5.41) is 9.26. The lowest BCUT2D eigenvalue weighted by Gasteiger charge is -2.36. The molecule has 26 heavy (non-hydrogen) atoms. The van der Waals surface area contributed by atoms with Crippen LogP contribution in [0.1, 0.15) is 31.7 Å². The van der Waals surface area contributed by atoms with Crippen LogP contribution in [0.15, 0.2) is 30.3 Å². The van der Waals surface area contributed by atoms with E-state index in [1.165, 1.54) is 5.56 Å². The molecule has 1 aromatic rings. The predicted molar refractivity (Wildman–Crippen MR) is 102 cm³/mol. The van der Waals surface area contributed by atoms with Crippen molar-refractivity contribution in [3.63, 3.8) is 0 Å². The maximum Gasteiger partial charge on any atom is 0.309 e. The van der Waals surface area contributed by atoms with Gasteiger partial charge in [0, 0.05) is 25.4 Å². The van der Waals surface area contributed by atoms with E-state index in [4.69, 9.17) is 4.74 Å². The number of ether oxygens (including phenoxy) is 1. The molecule has 2 saturated heterocycles. The highest BCUT2D eigenvalue weighted by Gasteiger charge is 2.41. The van der Waals surface area contributed by atoms with Crippen molar-refractivity contribution >= 4 is 23.6 Å². The number of thioether (sulfide) groups is 1. The highest BCUT2D eigenvalue weighted by atomic mass is 32.2. The van der Waals surface area contributed by atoms with E-state index < -0.39 is 5.97 Å². The minimum absolute atomic E-state index is 0.0683. The average molecular weight is 378 g/mol. The van der Waals surface area contributed by atoms with E-state index in [0.717, 1.165) is 18.6 Å². The highest BCUT2D eigenvalue weighted by molar-refractivity contribution is 7.99. The van der Waals surface area contributed by atoms with Crippen LogP contribution in [0.2, 0.25) is 0 Å². The van der Waals surface area contributed by atoms with Gasteiger partial charge in [-0.25, -0.2) is 0 Å². The van der Waals surface area contributed by atoms with Crippen LogP contribution in [0.4, 0.5) is 0 Å². The third-order valence-corrected chi connectivity index (χ3v) is 6.66. The number of aliphatic carboxylic acids is 1. The second-order valence-corrected chi connectivity index (χ2v) is 8.50. The number of amides is 1. The fraction of sp³-hybridized carbons (Fsp3) is 0.600. The second kappa shape index (κ2) is 8.91. The molecule has 2 fully saturated rings. The van der Waals surface area contributed by atoms with Crippen LogP contribution in [0.3, 0.4) is 0 Å². The molecule has 0 saturated carbocycles. The molecule has 142 valence electrons. The van der Waals surface area contributed by atoms with E-state index >= 15 is 0 Å². The van der Waals surface area contributed by atoms with Gasteiger partial charge in [0.2, 0.25) is 5.91 Å². The molecule has 0 aromatic heterocycles. The van der Waals surface area contributed by atoms with Crippen LogP contribution in [0.25, 0.3) is 0 Å². The molecule has 0 aliphatic carbocycles. The molecule has 0 bridgehead atoms. The Hall–Kier alpha value is -1.53. The smallest absolute Gasteiger partial charge is 0.309 e. The molecule has 2 aliphatic heterocycles. The summed E-state index contributed by atoms with van der Waals surface area (Å²) in [5.41, 5.74) is 1.23. The van der Waals surface area contributed by atoms with E-state index in [1.54, 1.807) is 11.8 Å². The molecule has 2 aliphatic rings. The van der Waals surface area contributed by atoms with Crippen LogP contribution in [0.5, 0.6) is 0 Å². The van der Waals surface area contributed by atoms with Crippen molar-refractivity contribution in [3.8, 4) is 0 Å². The number of carboxylic acid groups (broad SMARTS) is 1. The molecular weight excluding hydrogens is 350 g/mol. The van der Waals surface area contributed by atoms with Crippen molar-refractivity contribution < 1.29 is 19.4 Å². The minimum Gasteiger partial charge on any atom is -0.481 e. The first-order chi connectivity index (χ1) is 12.6.